The molecule has 1 N–H and O–H groups in total. The van der Waals surface area contributed by atoms with Crippen molar-refractivity contribution < 1.29 is 22.4 Å². The zero-order valence-electron chi connectivity index (χ0n) is 17.8. The van der Waals surface area contributed by atoms with Crippen LogP contribution in [0.4, 0.5) is 0 Å². The van der Waals surface area contributed by atoms with Crippen LogP contribution >= 0.6 is 11.6 Å². The summed E-state index contributed by atoms with van der Waals surface area (Å²) < 4.78 is 38.0. The normalized spacial score (nSPS) is 13.7. The van der Waals surface area contributed by atoms with Crippen LogP contribution in [0.15, 0.2) is 72.1 Å². The monoisotopic (exact) mass is 478 g/mol. The number of rotatable bonds is 12. The van der Waals surface area contributed by atoms with Crippen LogP contribution in [0, 0.1) is 6.92 Å². The highest BCUT2D eigenvalue weighted by molar-refractivity contribution is 7.86. The molecule has 2 aromatic carbocycles. The number of hydrogen-bond acceptors (Lipinski definition) is 6. The first kappa shape index (κ1) is 24.4. The summed E-state index contributed by atoms with van der Waals surface area (Å²) in [6.45, 7) is 1.73. The first-order valence-electron chi connectivity index (χ1n) is 10.3. The van der Waals surface area contributed by atoms with Crippen LogP contribution in [0.3, 0.4) is 0 Å². The Morgan fingerprint density at radius 2 is 1.81 bits per heavy atom. The summed E-state index contributed by atoms with van der Waals surface area (Å²) >= 11 is 5.95. The maximum Gasteiger partial charge on any atom is 0.297 e. The molecule has 32 heavy (non-hydrogen) atoms. The zero-order chi connectivity index (χ0) is 23.0. The number of aryl methyl sites for hydroxylation is 2. The van der Waals surface area contributed by atoms with Crippen molar-refractivity contribution in [2.24, 2.45) is 0 Å². The van der Waals surface area contributed by atoms with Gasteiger partial charge in [-0.05, 0) is 49.6 Å². The maximum absolute atomic E-state index is 12.5. The van der Waals surface area contributed by atoms with Gasteiger partial charge < -0.3 is 14.4 Å². The summed E-state index contributed by atoms with van der Waals surface area (Å²) in [6.07, 6.45) is 5.49. The van der Waals surface area contributed by atoms with E-state index in [2.05, 4.69) is 4.98 Å². The minimum absolute atomic E-state index is 0.0671. The van der Waals surface area contributed by atoms with Gasteiger partial charge >= 0.3 is 0 Å². The Morgan fingerprint density at radius 3 is 2.44 bits per heavy atom. The molecule has 3 aromatic rings. The number of ether oxygens (including phenoxy) is 1. The number of benzene rings is 2. The van der Waals surface area contributed by atoms with Crippen molar-refractivity contribution >= 4 is 21.7 Å². The summed E-state index contributed by atoms with van der Waals surface area (Å²) in [5.74, 6) is 0. The van der Waals surface area contributed by atoms with E-state index >= 15 is 0 Å². The number of nitrogens with zero attached hydrogens (tertiary/aromatic N) is 2. The quantitative estimate of drug-likeness (QED) is 0.400. The molecule has 1 aromatic heterocycles. The van der Waals surface area contributed by atoms with Crippen molar-refractivity contribution in [1.82, 2.24) is 9.55 Å². The van der Waals surface area contributed by atoms with Gasteiger partial charge in [0.05, 0.1) is 30.5 Å². The van der Waals surface area contributed by atoms with Crippen molar-refractivity contribution in [2.75, 3.05) is 13.2 Å². The minimum Gasteiger partial charge on any atom is -0.394 e. The molecule has 0 amide bonds. The van der Waals surface area contributed by atoms with E-state index in [1.54, 1.807) is 24.7 Å². The average molecular weight is 479 g/mol. The van der Waals surface area contributed by atoms with E-state index in [-0.39, 0.29) is 24.2 Å². The van der Waals surface area contributed by atoms with Crippen LogP contribution in [0.1, 0.15) is 17.5 Å². The second-order valence-corrected chi connectivity index (χ2v) is 9.59. The Labute approximate surface area is 193 Å². The van der Waals surface area contributed by atoms with Crippen molar-refractivity contribution in [1.29, 1.82) is 0 Å². The number of halogens is 1. The fourth-order valence-corrected chi connectivity index (χ4v) is 4.22. The van der Waals surface area contributed by atoms with Crippen molar-refractivity contribution in [2.45, 2.75) is 43.4 Å². The lowest BCUT2D eigenvalue weighted by molar-refractivity contribution is -0.0657. The number of aliphatic hydroxyl groups is 1. The van der Waals surface area contributed by atoms with Gasteiger partial charge in [0, 0.05) is 24.0 Å². The smallest absolute Gasteiger partial charge is 0.297 e. The molecule has 3 rings (SSSR count). The second kappa shape index (κ2) is 11.6. The van der Waals surface area contributed by atoms with Gasteiger partial charge in [-0.2, -0.15) is 8.42 Å². The molecular formula is C23H27ClN2O5S. The highest BCUT2D eigenvalue weighted by Gasteiger charge is 2.22. The molecule has 0 fully saturated rings. The third-order valence-corrected chi connectivity index (χ3v) is 6.50. The third kappa shape index (κ3) is 7.43. The van der Waals surface area contributed by atoms with E-state index in [9.17, 15) is 13.5 Å². The van der Waals surface area contributed by atoms with Crippen molar-refractivity contribution in [3.05, 3.63) is 83.4 Å². The molecule has 0 aliphatic rings. The molecule has 0 spiro atoms. The fraction of sp³-hybridized carbons (Fsp3) is 0.348. The number of hydrogen-bond donors (Lipinski definition) is 1. The molecule has 9 heteroatoms. The topological polar surface area (TPSA) is 90.7 Å². The van der Waals surface area contributed by atoms with Gasteiger partial charge in [0.1, 0.15) is 6.10 Å². The maximum atomic E-state index is 12.5. The molecule has 0 bridgehead atoms. The highest BCUT2D eigenvalue weighted by atomic mass is 35.5. The molecule has 1 unspecified atom stereocenters. The molecular weight excluding hydrogens is 452 g/mol. The van der Waals surface area contributed by atoms with Gasteiger partial charge in [-0.25, -0.2) is 4.98 Å². The van der Waals surface area contributed by atoms with Crippen LogP contribution in [-0.4, -0.2) is 48.5 Å². The van der Waals surface area contributed by atoms with Crippen molar-refractivity contribution in [3.8, 4) is 0 Å². The van der Waals surface area contributed by atoms with E-state index in [1.165, 1.54) is 12.1 Å². The van der Waals surface area contributed by atoms with Gasteiger partial charge in [0.2, 0.25) is 0 Å². The predicted octanol–water partition coefficient (Wildman–Crippen LogP) is 3.63. The lowest BCUT2D eigenvalue weighted by Gasteiger charge is -2.24. The minimum atomic E-state index is -3.95. The van der Waals surface area contributed by atoms with Crippen LogP contribution in [0.5, 0.6) is 0 Å². The zero-order valence-corrected chi connectivity index (χ0v) is 19.4. The molecule has 0 aliphatic heterocycles. The Bertz CT molecular complexity index is 1050. The first-order chi connectivity index (χ1) is 15.4. The molecule has 0 saturated heterocycles. The van der Waals surface area contributed by atoms with Crippen LogP contribution < -0.4 is 0 Å². The lowest BCUT2D eigenvalue weighted by atomic mass is 10.1. The summed E-state index contributed by atoms with van der Waals surface area (Å²) in [4.78, 5) is 4.12. The van der Waals surface area contributed by atoms with E-state index in [0.29, 0.717) is 18.0 Å². The number of aliphatic hydroxyl groups excluding tert-OH is 1. The number of imidazole rings is 1. The van der Waals surface area contributed by atoms with E-state index in [1.807, 2.05) is 42.0 Å². The van der Waals surface area contributed by atoms with Crippen LogP contribution in [0.25, 0.3) is 0 Å². The lowest BCUT2D eigenvalue weighted by Crippen LogP contribution is -2.33. The number of aromatic nitrogens is 2. The Morgan fingerprint density at radius 1 is 1.09 bits per heavy atom. The Hall–Kier alpha value is -2.23. The summed E-state index contributed by atoms with van der Waals surface area (Å²) in [6, 6.07) is 14.0. The molecule has 1 heterocycles. The molecule has 172 valence electrons. The molecule has 7 nitrogen and oxygen atoms in total. The molecule has 0 saturated carbocycles. The van der Waals surface area contributed by atoms with Gasteiger partial charge in [0.15, 0.2) is 0 Å². The predicted molar refractivity (Wildman–Crippen MR) is 122 cm³/mol. The van der Waals surface area contributed by atoms with Gasteiger partial charge in [0.25, 0.3) is 10.1 Å². The van der Waals surface area contributed by atoms with Crippen LogP contribution in [0.2, 0.25) is 5.02 Å². The van der Waals surface area contributed by atoms with Crippen LogP contribution in [-0.2, 0) is 32.0 Å². The molecule has 0 radical (unpaired) electrons. The summed E-state index contributed by atoms with van der Waals surface area (Å²) in [5, 5.41) is 10.5. The highest BCUT2D eigenvalue weighted by Crippen LogP contribution is 2.17. The van der Waals surface area contributed by atoms with E-state index < -0.39 is 16.2 Å². The third-order valence-electron chi connectivity index (χ3n) is 4.95. The largest absolute Gasteiger partial charge is 0.394 e. The molecule has 2 atom stereocenters. The first-order valence-corrected chi connectivity index (χ1v) is 12.1. The van der Waals surface area contributed by atoms with E-state index in [0.717, 1.165) is 17.5 Å². The molecule has 0 aliphatic carbocycles. The summed E-state index contributed by atoms with van der Waals surface area (Å²) in [7, 11) is -3.95. The standard InChI is InChI=1S/C23H27ClN2O5S/c1-18-2-10-23(11-3-18)32(28,29)30-16-22(15-27)31-21(14-26-13-12-25-17-26)9-6-19-4-7-20(24)8-5-19/h2-5,7-8,10-13,17,21-22,27H,6,9,14-16H2,1H3/t21?,22-/m0/s1. The van der Waals surface area contributed by atoms with Gasteiger partial charge in [-0.3, -0.25) is 4.18 Å². The van der Waals surface area contributed by atoms with E-state index in [4.69, 9.17) is 20.5 Å². The SMILES string of the molecule is Cc1ccc(S(=O)(=O)OC[C@H](CO)OC(CCc2ccc(Cl)cc2)Cn2ccnc2)cc1. The fourth-order valence-electron chi connectivity index (χ4n) is 3.16. The van der Waals surface area contributed by atoms with Crippen molar-refractivity contribution in [3.63, 3.8) is 0 Å². The Kier molecular flexibility index (Phi) is 8.84. The van der Waals surface area contributed by atoms with Gasteiger partial charge in [-0.15, -0.1) is 0 Å². The average Bonchev–Trinajstić information content (AvgIpc) is 3.29. The second-order valence-electron chi connectivity index (χ2n) is 7.54. The van der Waals surface area contributed by atoms with Gasteiger partial charge in [-0.1, -0.05) is 41.4 Å². The summed E-state index contributed by atoms with van der Waals surface area (Å²) in [5.41, 5.74) is 2.05. The Balaban J connectivity index is 1.62.